The molecule has 1 aromatic rings. The van der Waals surface area contributed by atoms with E-state index in [-0.39, 0.29) is 17.9 Å². The number of hydrogen-bond donors (Lipinski definition) is 1. The smallest absolute Gasteiger partial charge is 0.239 e. The molecule has 1 aromatic carbocycles. The zero-order valence-electron chi connectivity index (χ0n) is 11.0. The molecule has 102 valence electrons. The minimum absolute atomic E-state index is 0.0462. The van der Waals surface area contributed by atoms with Gasteiger partial charge in [-0.05, 0) is 44.5 Å². The van der Waals surface area contributed by atoms with E-state index in [9.17, 15) is 9.59 Å². The maximum atomic E-state index is 12.2. The standard InChI is InChI=1S/C14H17ClN2O2/c1-9(2)16-13(18)12-7-8-17(14(12)19)11-5-3-10(15)4-6-11/h3-6,9,12H,7-8H2,1-2H3,(H,16,18). The molecule has 0 aliphatic carbocycles. The summed E-state index contributed by atoms with van der Waals surface area (Å²) < 4.78 is 0. The number of nitrogens with one attached hydrogen (secondary N) is 1. The fourth-order valence-electron chi connectivity index (χ4n) is 2.19. The van der Waals surface area contributed by atoms with Crippen LogP contribution in [0.2, 0.25) is 5.02 Å². The highest BCUT2D eigenvalue weighted by Crippen LogP contribution is 2.26. The molecule has 4 nitrogen and oxygen atoms in total. The van der Waals surface area contributed by atoms with Crippen LogP contribution >= 0.6 is 11.6 Å². The van der Waals surface area contributed by atoms with Gasteiger partial charge in [0, 0.05) is 23.3 Å². The first-order valence-corrected chi connectivity index (χ1v) is 6.74. The average molecular weight is 281 g/mol. The average Bonchev–Trinajstić information content (AvgIpc) is 2.71. The third kappa shape index (κ3) is 3.07. The lowest BCUT2D eigenvalue weighted by molar-refractivity contribution is -0.132. The summed E-state index contributed by atoms with van der Waals surface area (Å²) in [5.74, 6) is -0.894. The Bertz CT molecular complexity index is 485. The zero-order valence-corrected chi connectivity index (χ0v) is 11.8. The summed E-state index contributed by atoms with van der Waals surface area (Å²) in [6.07, 6.45) is 0.556. The van der Waals surface area contributed by atoms with Crippen molar-refractivity contribution in [3.63, 3.8) is 0 Å². The van der Waals surface area contributed by atoms with Crippen LogP contribution in [-0.2, 0) is 9.59 Å². The van der Waals surface area contributed by atoms with Gasteiger partial charge in [-0.3, -0.25) is 9.59 Å². The maximum absolute atomic E-state index is 12.2. The van der Waals surface area contributed by atoms with Gasteiger partial charge < -0.3 is 10.2 Å². The number of hydrogen-bond acceptors (Lipinski definition) is 2. The number of nitrogens with zero attached hydrogens (tertiary/aromatic N) is 1. The number of benzene rings is 1. The molecule has 19 heavy (non-hydrogen) atoms. The third-order valence-electron chi connectivity index (χ3n) is 3.09. The highest BCUT2D eigenvalue weighted by Gasteiger charge is 2.37. The molecule has 1 unspecified atom stereocenters. The largest absolute Gasteiger partial charge is 0.353 e. The first kappa shape index (κ1) is 13.9. The number of carbonyl (C=O) groups is 2. The summed E-state index contributed by atoms with van der Waals surface area (Å²) in [6, 6.07) is 7.12. The number of halogens is 1. The van der Waals surface area contributed by atoms with Crippen molar-refractivity contribution in [1.82, 2.24) is 5.32 Å². The van der Waals surface area contributed by atoms with Gasteiger partial charge in [0.05, 0.1) is 0 Å². The van der Waals surface area contributed by atoms with Crippen LogP contribution in [0.25, 0.3) is 0 Å². The molecule has 1 N–H and O–H groups in total. The minimum Gasteiger partial charge on any atom is -0.353 e. The van der Waals surface area contributed by atoms with E-state index in [1.54, 1.807) is 29.2 Å². The van der Waals surface area contributed by atoms with E-state index < -0.39 is 5.92 Å². The second-order valence-corrected chi connectivity index (χ2v) is 5.41. The predicted molar refractivity (Wildman–Crippen MR) is 75.2 cm³/mol. The van der Waals surface area contributed by atoms with E-state index in [0.717, 1.165) is 5.69 Å². The van der Waals surface area contributed by atoms with E-state index >= 15 is 0 Å². The fourth-order valence-corrected chi connectivity index (χ4v) is 2.31. The van der Waals surface area contributed by atoms with Crippen molar-refractivity contribution in [3.05, 3.63) is 29.3 Å². The zero-order chi connectivity index (χ0) is 14.0. The van der Waals surface area contributed by atoms with Gasteiger partial charge >= 0.3 is 0 Å². The SMILES string of the molecule is CC(C)NC(=O)C1CCN(c2ccc(Cl)cc2)C1=O. The Morgan fingerprint density at radius 3 is 2.58 bits per heavy atom. The quantitative estimate of drug-likeness (QED) is 0.863. The summed E-state index contributed by atoms with van der Waals surface area (Å²) in [6.45, 7) is 4.33. The molecule has 0 radical (unpaired) electrons. The summed E-state index contributed by atoms with van der Waals surface area (Å²) in [4.78, 5) is 25.8. The normalized spacial score (nSPS) is 19.1. The van der Waals surface area contributed by atoms with Gasteiger partial charge in [-0.1, -0.05) is 11.6 Å². The molecule has 5 heteroatoms. The molecule has 1 atom stereocenters. The molecule has 1 heterocycles. The molecular formula is C14H17ClN2O2. The summed E-state index contributed by atoms with van der Waals surface area (Å²) in [5.41, 5.74) is 0.786. The van der Waals surface area contributed by atoms with Crippen molar-refractivity contribution >= 4 is 29.1 Å². The summed E-state index contributed by atoms with van der Waals surface area (Å²) in [5, 5.41) is 3.42. The summed E-state index contributed by atoms with van der Waals surface area (Å²) >= 11 is 5.82. The van der Waals surface area contributed by atoms with Gasteiger partial charge in [-0.15, -0.1) is 0 Å². The Morgan fingerprint density at radius 1 is 1.37 bits per heavy atom. The molecule has 0 aromatic heterocycles. The van der Waals surface area contributed by atoms with Gasteiger partial charge in [0.15, 0.2) is 0 Å². The number of anilines is 1. The van der Waals surface area contributed by atoms with Crippen LogP contribution in [0.1, 0.15) is 20.3 Å². The van der Waals surface area contributed by atoms with Crippen molar-refractivity contribution < 1.29 is 9.59 Å². The van der Waals surface area contributed by atoms with Crippen LogP contribution in [0.4, 0.5) is 5.69 Å². The lowest BCUT2D eigenvalue weighted by Crippen LogP contribution is -2.39. The molecule has 0 bridgehead atoms. The Morgan fingerprint density at radius 2 is 2.00 bits per heavy atom. The number of rotatable bonds is 3. The van der Waals surface area contributed by atoms with Gasteiger partial charge in [-0.2, -0.15) is 0 Å². The lowest BCUT2D eigenvalue weighted by atomic mass is 10.1. The van der Waals surface area contributed by atoms with E-state index in [2.05, 4.69) is 5.32 Å². The highest BCUT2D eigenvalue weighted by molar-refractivity contribution is 6.30. The van der Waals surface area contributed by atoms with Gasteiger partial charge in [-0.25, -0.2) is 0 Å². The van der Waals surface area contributed by atoms with Crippen molar-refractivity contribution in [3.8, 4) is 0 Å². The van der Waals surface area contributed by atoms with Crippen LogP contribution in [-0.4, -0.2) is 24.4 Å². The Balaban J connectivity index is 2.09. The van der Waals surface area contributed by atoms with E-state index in [1.165, 1.54) is 0 Å². The maximum Gasteiger partial charge on any atom is 0.239 e. The molecule has 1 aliphatic heterocycles. The van der Waals surface area contributed by atoms with Gasteiger partial charge in [0.2, 0.25) is 11.8 Å². The second-order valence-electron chi connectivity index (χ2n) is 4.97. The van der Waals surface area contributed by atoms with Crippen molar-refractivity contribution in [2.24, 2.45) is 5.92 Å². The van der Waals surface area contributed by atoms with E-state index in [0.29, 0.717) is 18.0 Å². The predicted octanol–water partition coefficient (Wildman–Crippen LogP) is 2.22. The van der Waals surface area contributed by atoms with Gasteiger partial charge in [0.1, 0.15) is 5.92 Å². The lowest BCUT2D eigenvalue weighted by Gasteiger charge is -2.17. The van der Waals surface area contributed by atoms with Crippen molar-refractivity contribution in [1.29, 1.82) is 0 Å². The molecular weight excluding hydrogens is 264 g/mol. The monoisotopic (exact) mass is 280 g/mol. The minimum atomic E-state index is -0.571. The first-order chi connectivity index (χ1) is 8.99. The second kappa shape index (κ2) is 5.61. The molecule has 1 saturated heterocycles. The fraction of sp³-hybridized carbons (Fsp3) is 0.429. The van der Waals surface area contributed by atoms with Crippen LogP contribution in [0.15, 0.2) is 24.3 Å². The van der Waals surface area contributed by atoms with Crippen molar-refractivity contribution in [2.45, 2.75) is 26.3 Å². The molecule has 1 fully saturated rings. The molecule has 2 rings (SSSR count). The highest BCUT2D eigenvalue weighted by atomic mass is 35.5. The Hall–Kier alpha value is -1.55. The topological polar surface area (TPSA) is 49.4 Å². The third-order valence-corrected chi connectivity index (χ3v) is 3.34. The molecule has 1 aliphatic rings. The number of carbonyl (C=O) groups excluding carboxylic acids is 2. The van der Waals surface area contributed by atoms with Gasteiger partial charge in [0.25, 0.3) is 0 Å². The van der Waals surface area contributed by atoms with Crippen LogP contribution in [0, 0.1) is 5.92 Å². The Labute approximate surface area is 117 Å². The van der Waals surface area contributed by atoms with Crippen LogP contribution < -0.4 is 10.2 Å². The number of amides is 2. The molecule has 0 spiro atoms. The van der Waals surface area contributed by atoms with E-state index in [1.807, 2.05) is 13.8 Å². The summed E-state index contributed by atoms with van der Waals surface area (Å²) in [7, 11) is 0. The first-order valence-electron chi connectivity index (χ1n) is 6.36. The molecule has 2 amide bonds. The van der Waals surface area contributed by atoms with E-state index in [4.69, 9.17) is 11.6 Å². The molecule has 0 saturated carbocycles. The van der Waals surface area contributed by atoms with Crippen molar-refractivity contribution in [2.75, 3.05) is 11.4 Å². The van der Waals surface area contributed by atoms with Crippen LogP contribution in [0.3, 0.4) is 0 Å². The van der Waals surface area contributed by atoms with Crippen LogP contribution in [0.5, 0.6) is 0 Å². The Kier molecular flexibility index (Phi) is 4.10.